The van der Waals surface area contributed by atoms with Crippen LogP contribution in [0.25, 0.3) is 0 Å². The van der Waals surface area contributed by atoms with Crippen LogP contribution in [0.1, 0.15) is 33.8 Å². The molecule has 1 unspecified atom stereocenters. The van der Waals surface area contributed by atoms with Crippen molar-refractivity contribution in [3.63, 3.8) is 0 Å². The summed E-state index contributed by atoms with van der Waals surface area (Å²) in [6.45, 7) is 0. The van der Waals surface area contributed by atoms with Crippen LogP contribution in [0.3, 0.4) is 0 Å². The largest absolute Gasteiger partial charge is 0.398 e. The van der Waals surface area contributed by atoms with Gasteiger partial charge in [0.25, 0.3) is 0 Å². The first kappa shape index (κ1) is 11.0. The van der Waals surface area contributed by atoms with Crippen LogP contribution >= 0.6 is 0 Å². The van der Waals surface area contributed by atoms with E-state index in [0.29, 0.717) is 11.3 Å². The van der Waals surface area contributed by atoms with Gasteiger partial charge < -0.3 is 5.73 Å². The number of Topliss-reactive ketones (excluding diaryl/α,β-unsaturated/α-hetero) is 1. The Bertz CT molecular complexity index is 607. The van der Waals surface area contributed by atoms with Crippen molar-refractivity contribution >= 4 is 11.5 Å². The summed E-state index contributed by atoms with van der Waals surface area (Å²) < 4.78 is 0. The fourth-order valence-corrected chi connectivity index (χ4v) is 2.63. The number of aryl methyl sites for hydroxylation is 1. The molecule has 90 valence electrons. The van der Waals surface area contributed by atoms with E-state index >= 15 is 0 Å². The van der Waals surface area contributed by atoms with E-state index in [0.717, 1.165) is 18.4 Å². The molecule has 1 aromatic carbocycles. The maximum absolute atomic E-state index is 12.5. The zero-order valence-corrected chi connectivity index (χ0v) is 9.97. The van der Waals surface area contributed by atoms with Gasteiger partial charge in [-0.15, -0.1) is 0 Å². The molecular weight excluding hydrogens is 224 g/mol. The molecule has 2 aromatic rings. The van der Waals surface area contributed by atoms with Crippen molar-refractivity contribution in [3.05, 3.63) is 59.4 Å². The summed E-state index contributed by atoms with van der Waals surface area (Å²) in [6, 6.07) is 9.81. The first-order valence-corrected chi connectivity index (χ1v) is 6.09. The van der Waals surface area contributed by atoms with Crippen LogP contribution < -0.4 is 5.73 Å². The molecule has 0 bridgehead atoms. The Morgan fingerprint density at radius 3 is 2.94 bits per heavy atom. The molecule has 18 heavy (non-hydrogen) atoms. The highest BCUT2D eigenvalue weighted by Gasteiger charge is 2.29. The molecule has 1 aliphatic rings. The van der Waals surface area contributed by atoms with E-state index in [4.69, 9.17) is 5.73 Å². The van der Waals surface area contributed by atoms with Crippen LogP contribution in [0.5, 0.6) is 0 Å². The zero-order chi connectivity index (χ0) is 12.5. The van der Waals surface area contributed by atoms with Crippen molar-refractivity contribution in [2.45, 2.75) is 18.8 Å². The van der Waals surface area contributed by atoms with Crippen molar-refractivity contribution in [2.75, 3.05) is 5.73 Å². The summed E-state index contributed by atoms with van der Waals surface area (Å²) in [7, 11) is 0. The normalized spacial score (nSPS) is 17.4. The Balaban J connectivity index is 1.99. The molecule has 0 saturated heterocycles. The Morgan fingerprint density at radius 2 is 2.11 bits per heavy atom. The van der Waals surface area contributed by atoms with E-state index in [1.54, 1.807) is 18.5 Å². The van der Waals surface area contributed by atoms with Gasteiger partial charge in [0.2, 0.25) is 0 Å². The Morgan fingerprint density at radius 1 is 1.28 bits per heavy atom. The van der Waals surface area contributed by atoms with Crippen molar-refractivity contribution < 1.29 is 4.79 Å². The molecule has 3 rings (SSSR count). The summed E-state index contributed by atoms with van der Waals surface area (Å²) in [5, 5.41) is 0. The number of hydrogen-bond donors (Lipinski definition) is 1. The zero-order valence-electron chi connectivity index (χ0n) is 9.97. The molecule has 3 nitrogen and oxygen atoms in total. The predicted octanol–water partition coefficient (Wildman–Crippen LogP) is 2.58. The molecule has 0 radical (unpaired) electrons. The van der Waals surface area contributed by atoms with Gasteiger partial charge in [-0.3, -0.25) is 9.78 Å². The van der Waals surface area contributed by atoms with Gasteiger partial charge in [0.15, 0.2) is 5.78 Å². The quantitative estimate of drug-likeness (QED) is 0.818. The molecule has 0 saturated carbocycles. The van der Waals surface area contributed by atoms with Crippen molar-refractivity contribution in [1.29, 1.82) is 0 Å². The second-order valence-corrected chi connectivity index (χ2v) is 4.62. The minimum absolute atomic E-state index is 0.0623. The highest BCUT2D eigenvalue weighted by atomic mass is 16.1. The molecule has 3 heteroatoms. The number of nitrogens with zero attached hydrogens (tertiary/aromatic N) is 1. The number of nitrogen functional groups attached to an aromatic ring is 1. The molecule has 0 amide bonds. The highest BCUT2D eigenvalue weighted by Crippen LogP contribution is 2.35. The number of anilines is 1. The lowest BCUT2D eigenvalue weighted by Crippen LogP contribution is -2.12. The maximum Gasteiger partial charge on any atom is 0.173 e. The molecule has 1 heterocycles. The molecular formula is C15H14N2O. The van der Waals surface area contributed by atoms with Crippen LogP contribution in [0, 0.1) is 0 Å². The Labute approximate surface area is 106 Å². The Hall–Kier alpha value is -2.16. The lowest BCUT2D eigenvalue weighted by molar-refractivity contribution is 0.0960. The van der Waals surface area contributed by atoms with Crippen LogP contribution in [-0.4, -0.2) is 10.8 Å². The maximum atomic E-state index is 12.5. The second kappa shape index (κ2) is 4.26. The Kier molecular flexibility index (Phi) is 2.59. The van der Waals surface area contributed by atoms with E-state index in [9.17, 15) is 4.79 Å². The number of carbonyl (C=O) groups is 1. The number of nitrogens with two attached hydrogens (primary N) is 1. The highest BCUT2D eigenvalue weighted by molar-refractivity contribution is 6.05. The number of carbonyl (C=O) groups excluding carboxylic acids is 1. The molecule has 0 fully saturated rings. The summed E-state index contributed by atoms with van der Waals surface area (Å²) in [4.78, 5) is 16.5. The van der Waals surface area contributed by atoms with Crippen molar-refractivity contribution in [2.24, 2.45) is 0 Å². The number of fused-ring (bicyclic) bond motifs is 1. The molecule has 2 N–H and O–H groups in total. The third kappa shape index (κ3) is 1.68. The number of rotatable bonds is 2. The van der Waals surface area contributed by atoms with E-state index in [1.165, 1.54) is 5.56 Å². The lowest BCUT2D eigenvalue weighted by Gasteiger charge is -2.11. The van der Waals surface area contributed by atoms with E-state index in [-0.39, 0.29) is 11.7 Å². The van der Waals surface area contributed by atoms with Crippen molar-refractivity contribution in [1.82, 2.24) is 4.98 Å². The number of hydrogen-bond acceptors (Lipinski definition) is 3. The number of pyridine rings is 1. The fourth-order valence-electron chi connectivity index (χ4n) is 2.63. The van der Waals surface area contributed by atoms with Gasteiger partial charge in [-0.1, -0.05) is 24.3 Å². The van der Waals surface area contributed by atoms with Crippen molar-refractivity contribution in [3.8, 4) is 0 Å². The predicted molar refractivity (Wildman–Crippen MR) is 70.5 cm³/mol. The second-order valence-electron chi connectivity index (χ2n) is 4.62. The summed E-state index contributed by atoms with van der Waals surface area (Å²) >= 11 is 0. The van der Waals surface area contributed by atoms with E-state index in [2.05, 4.69) is 11.1 Å². The summed E-state index contributed by atoms with van der Waals surface area (Å²) in [6.07, 6.45) is 5.01. The molecule has 1 aromatic heterocycles. The average molecular weight is 238 g/mol. The molecule has 0 aliphatic heterocycles. The van der Waals surface area contributed by atoms with Gasteiger partial charge in [0, 0.05) is 24.0 Å². The monoisotopic (exact) mass is 238 g/mol. The summed E-state index contributed by atoms with van der Waals surface area (Å²) in [5.41, 5.74) is 9.32. The smallest absolute Gasteiger partial charge is 0.173 e. The molecule has 1 atom stereocenters. The topological polar surface area (TPSA) is 56.0 Å². The summed E-state index contributed by atoms with van der Waals surface area (Å²) in [5.74, 6) is 0.0262. The first-order chi connectivity index (χ1) is 8.77. The van der Waals surface area contributed by atoms with Gasteiger partial charge in [-0.05, 0) is 30.0 Å². The van der Waals surface area contributed by atoms with Gasteiger partial charge in [0.1, 0.15) is 0 Å². The minimum atomic E-state index is -0.0623. The molecule has 1 aliphatic carbocycles. The number of ketones is 1. The van der Waals surface area contributed by atoms with Gasteiger partial charge in [-0.2, -0.15) is 0 Å². The van der Waals surface area contributed by atoms with Crippen LogP contribution in [0.4, 0.5) is 5.69 Å². The van der Waals surface area contributed by atoms with Gasteiger partial charge in [-0.25, -0.2) is 0 Å². The number of aromatic nitrogens is 1. The average Bonchev–Trinajstić information content (AvgIpc) is 2.82. The SMILES string of the molecule is Nc1ccncc1C(=O)C1CCc2ccccc21. The van der Waals surface area contributed by atoms with Crippen LogP contribution in [0.2, 0.25) is 0 Å². The van der Waals surface area contributed by atoms with E-state index in [1.807, 2.05) is 18.2 Å². The lowest BCUT2D eigenvalue weighted by atomic mass is 9.92. The standard InChI is InChI=1S/C15H14N2O/c16-14-7-8-17-9-13(14)15(18)12-6-5-10-3-1-2-4-11(10)12/h1-4,7-9,12H,5-6H2,(H2,16,17). The fraction of sp³-hybridized carbons (Fsp3) is 0.200. The third-order valence-corrected chi connectivity index (χ3v) is 3.57. The number of benzene rings is 1. The van der Waals surface area contributed by atoms with Gasteiger partial charge >= 0.3 is 0 Å². The van der Waals surface area contributed by atoms with Crippen LogP contribution in [0.15, 0.2) is 42.7 Å². The molecule has 0 spiro atoms. The van der Waals surface area contributed by atoms with Gasteiger partial charge in [0.05, 0.1) is 5.56 Å². The van der Waals surface area contributed by atoms with E-state index < -0.39 is 0 Å². The third-order valence-electron chi connectivity index (χ3n) is 3.57. The minimum Gasteiger partial charge on any atom is -0.398 e. The van der Waals surface area contributed by atoms with Crippen LogP contribution in [-0.2, 0) is 6.42 Å². The first-order valence-electron chi connectivity index (χ1n) is 6.09.